The van der Waals surface area contributed by atoms with E-state index in [0.717, 1.165) is 5.56 Å². The van der Waals surface area contributed by atoms with Gasteiger partial charge >= 0.3 is 0 Å². The van der Waals surface area contributed by atoms with Crippen LogP contribution in [-0.4, -0.2) is 26.2 Å². The zero-order valence-corrected chi connectivity index (χ0v) is 13.8. The molecule has 0 heterocycles. The Hall–Kier alpha value is -3.00. The van der Waals surface area contributed by atoms with Gasteiger partial charge in [0, 0.05) is 12.0 Å². The normalized spacial score (nSPS) is 11.2. The van der Waals surface area contributed by atoms with Gasteiger partial charge in [0.05, 0.1) is 26.7 Å². The molecule has 0 aromatic heterocycles. The largest absolute Gasteiger partial charge is 0.496 e. The number of rotatable bonds is 7. The van der Waals surface area contributed by atoms with E-state index in [1.165, 1.54) is 0 Å². The summed E-state index contributed by atoms with van der Waals surface area (Å²) >= 11 is 0. The number of methoxy groups -OCH3 is 2. The summed E-state index contributed by atoms with van der Waals surface area (Å²) in [7, 11) is 3.09. The van der Waals surface area contributed by atoms with Crippen LogP contribution < -0.4 is 14.8 Å². The van der Waals surface area contributed by atoms with Crippen molar-refractivity contribution in [2.75, 3.05) is 14.2 Å². The highest BCUT2D eigenvalue weighted by Gasteiger charge is 2.17. The van der Waals surface area contributed by atoms with Crippen LogP contribution in [0.5, 0.6) is 11.5 Å². The average Bonchev–Trinajstić information content (AvgIpc) is 2.62. The molecule has 0 aliphatic heterocycles. The highest BCUT2D eigenvalue weighted by atomic mass is 16.5. The summed E-state index contributed by atoms with van der Waals surface area (Å²) in [6.07, 6.45) is 0.548. The molecule has 5 nitrogen and oxygen atoms in total. The number of nitrogens with one attached hydrogen (secondary N) is 1. The lowest BCUT2D eigenvalue weighted by molar-refractivity contribution is -0.120. The molecule has 0 bridgehead atoms. The number of hydrogen-bond donors (Lipinski definition) is 1. The molecule has 1 atom stereocenters. The van der Waals surface area contributed by atoms with Crippen molar-refractivity contribution in [3.8, 4) is 17.6 Å². The number of nitriles is 1. The van der Waals surface area contributed by atoms with Crippen molar-refractivity contribution >= 4 is 5.91 Å². The predicted molar refractivity (Wildman–Crippen MR) is 90.9 cm³/mol. The smallest absolute Gasteiger partial charge is 0.225 e. The molecule has 0 fully saturated rings. The number of carbonyl (C=O) groups excluding carboxylic acids is 1. The van der Waals surface area contributed by atoms with Crippen molar-refractivity contribution in [1.82, 2.24) is 5.32 Å². The molecular formula is C19H20N2O3. The Morgan fingerprint density at radius 2 is 1.71 bits per heavy atom. The summed E-state index contributed by atoms with van der Waals surface area (Å²) < 4.78 is 10.6. The van der Waals surface area contributed by atoms with Crippen molar-refractivity contribution in [3.05, 3.63) is 59.7 Å². The number of benzene rings is 2. The first-order valence-corrected chi connectivity index (χ1v) is 7.60. The maximum atomic E-state index is 12.3. The van der Waals surface area contributed by atoms with Crippen LogP contribution in [0.3, 0.4) is 0 Å². The molecule has 0 unspecified atom stereocenters. The van der Waals surface area contributed by atoms with Crippen molar-refractivity contribution in [3.63, 3.8) is 0 Å². The molecule has 5 heteroatoms. The van der Waals surface area contributed by atoms with Crippen LogP contribution in [0.1, 0.15) is 11.1 Å². The van der Waals surface area contributed by atoms with Gasteiger partial charge in [0.1, 0.15) is 17.5 Å². The maximum absolute atomic E-state index is 12.3. The van der Waals surface area contributed by atoms with E-state index >= 15 is 0 Å². The number of carbonyl (C=O) groups is 1. The van der Waals surface area contributed by atoms with E-state index in [1.54, 1.807) is 32.4 Å². The summed E-state index contributed by atoms with van der Waals surface area (Å²) in [4.78, 5) is 12.3. The first-order valence-electron chi connectivity index (χ1n) is 7.60. The van der Waals surface area contributed by atoms with Gasteiger partial charge < -0.3 is 14.8 Å². The predicted octanol–water partition coefficient (Wildman–Crippen LogP) is 2.50. The SMILES string of the molecule is COc1cccc(OC)c1CC(=O)N[C@H](C#N)Cc1ccccc1. The quantitative estimate of drug-likeness (QED) is 0.849. The Morgan fingerprint density at radius 1 is 1.08 bits per heavy atom. The molecule has 0 saturated heterocycles. The fourth-order valence-corrected chi connectivity index (χ4v) is 2.49. The molecule has 124 valence electrons. The molecule has 0 radical (unpaired) electrons. The van der Waals surface area contributed by atoms with E-state index in [2.05, 4.69) is 11.4 Å². The Balaban J connectivity index is 2.06. The second-order valence-corrected chi connectivity index (χ2v) is 5.26. The minimum Gasteiger partial charge on any atom is -0.496 e. The number of amides is 1. The summed E-state index contributed by atoms with van der Waals surface area (Å²) in [6.45, 7) is 0. The minimum absolute atomic E-state index is 0.0835. The monoisotopic (exact) mass is 324 g/mol. The molecule has 2 aromatic carbocycles. The molecule has 0 spiro atoms. The van der Waals surface area contributed by atoms with Gasteiger partial charge in [-0.05, 0) is 17.7 Å². The fourth-order valence-electron chi connectivity index (χ4n) is 2.49. The van der Waals surface area contributed by atoms with Crippen molar-refractivity contribution in [1.29, 1.82) is 5.26 Å². The summed E-state index contributed by atoms with van der Waals surface area (Å²) in [5.74, 6) is 0.919. The van der Waals surface area contributed by atoms with Gasteiger partial charge in [-0.2, -0.15) is 5.26 Å². The lowest BCUT2D eigenvalue weighted by Crippen LogP contribution is -2.36. The minimum atomic E-state index is -0.583. The Kier molecular flexibility index (Phi) is 6.21. The zero-order chi connectivity index (χ0) is 17.4. The van der Waals surface area contributed by atoms with Crippen LogP contribution in [0.2, 0.25) is 0 Å². The lowest BCUT2D eigenvalue weighted by Gasteiger charge is -2.15. The topological polar surface area (TPSA) is 71.3 Å². The standard InChI is InChI=1S/C19H20N2O3/c1-23-17-9-6-10-18(24-2)16(17)12-19(22)21-15(13-20)11-14-7-4-3-5-8-14/h3-10,15H,11-12H2,1-2H3,(H,21,22)/t15-/m0/s1. The van der Waals surface area contributed by atoms with Gasteiger partial charge in [0.15, 0.2) is 0 Å². The van der Waals surface area contributed by atoms with Crippen molar-refractivity contribution < 1.29 is 14.3 Å². The van der Waals surface area contributed by atoms with E-state index in [4.69, 9.17) is 9.47 Å². The van der Waals surface area contributed by atoms with Gasteiger partial charge in [-0.15, -0.1) is 0 Å². The number of ether oxygens (including phenoxy) is 2. The molecule has 1 amide bonds. The van der Waals surface area contributed by atoms with Crippen LogP contribution in [0.4, 0.5) is 0 Å². The van der Waals surface area contributed by atoms with Crippen LogP contribution >= 0.6 is 0 Å². The van der Waals surface area contributed by atoms with Crippen molar-refractivity contribution in [2.24, 2.45) is 0 Å². The Labute approximate surface area is 141 Å². The summed E-state index contributed by atoms with van der Waals surface area (Å²) in [6, 6.07) is 16.5. The van der Waals surface area contributed by atoms with Crippen LogP contribution in [0.25, 0.3) is 0 Å². The lowest BCUT2D eigenvalue weighted by atomic mass is 10.1. The van der Waals surface area contributed by atoms with E-state index in [1.807, 2.05) is 30.3 Å². The molecule has 0 aliphatic carbocycles. The van der Waals surface area contributed by atoms with Gasteiger partial charge in [-0.1, -0.05) is 36.4 Å². The third-order valence-electron chi connectivity index (χ3n) is 3.64. The highest BCUT2D eigenvalue weighted by molar-refractivity contribution is 5.81. The molecular weight excluding hydrogens is 304 g/mol. The third-order valence-corrected chi connectivity index (χ3v) is 3.64. The highest BCUT2D eigenvalue weighted by Crippen LogP contribution is 2.28. The van der Waals surface area contributed by atoms with E-state index in [-0.39, 0.29) is 12.3 Å². The van der Waals surface area contributed by atoms with Crippen LogP contribution in [-0.2, 0) is 17.6 Å². The molecule has 2 rings (SSSR count). The van der Waals surface area contributed by atoms with Crippen LogP contribution in [0.15, 0.2) is 48.5 Å². The van der Waals surface area contributed by atoms with Gasteiger partial charge in [-0.3, -0.25) is 4.79 Å². The molecule has 1 N–H and O–H groups in total. The van der Waals surface area contributed by atoms with E-state index in [9.17, 15) is 10.1 Å². The first-order chi connectivity index (χ1) is 11.7. The number of hydrogen-bond acceptors (Lipinski definition) is 4. The second kappa shape index (κ2) is 8.59. The molecule has 24 heavy (non-hydrogen) atoms. The summed E-state index contributed by atoms with van der Waals surface area (Å²) in [5, 5.41) is 12.0. The fraction of sp³-hybridized carbons (Fsp3) is 0.263. The molecule has 0 saturated carbocycles. The molecule has 0 aliphatic rings. The van der Waals surface area contributed by atoms with Gasteiger partial charge in [0.2, 0.25) is 5.91 Å². The van der Waals surface area contributed by atoms with Gasteiger partial charge in [0.25, 0.3) is 0 Å². The average molecular weight is 324 g/mol. The Bertz CT molecular complexity index is 701. The third kappa shape index (κ3) is 4.50. The van der Waals surface area contributed by atoms with E-state index in [0.29, 0.717) is 23.5 Å². The van der Waals surface area contributed by atoms with E-state index < -0.39 is 6.04 Å². The van der Waals surface area contributed by atoms with Crippen molar-refractivity contribution in [2.45, 2.75) is 18.9 Å². The number of nitrogens with zero attached hydrogens (tertiary/aromatic N) is 1. The Morgan fingerprint density at radius 3 is 2.25 bits per heavy atom. The summed E-state index contributed by atoms with van der Waals surface area (Å²) in [5.41, 5.74) is 1.66. The van der Waals surface area contributed by atoms with Crippen LogP contribution in [0, 0.1) is 11.3 Å². The molecule has 2 aromatic rings. The second-order valence-electron chi connectivity index (χ2n) is 5.26. The maximum Gasteiger partial charge on any atom is 0.225 e. The first kappa shape index (κ1) is 17.4. The zero-order valence-electron chi connectivity index (χ0n) is 13.8. The van der Waals surface area contributed by atoms with Gasteiger partial charge in [-0.25, -0.2) is 0 Å².